The third kappa shape index (κ3) is 6.77. The molecule has 36 heavy (non-hydrogen) atoms. The number of piperazine rings is 1. The highest BCUT2D eigenvalue weighted by molar-refractivity contribution is 5.90. The summed E-state index contributed by atoms with van der Waals surface area (Å²) in [5, 5.41) is 11.3. The maximum absolute atomic E-state index is 12.6. The summed E-state index contributed by atoms with van der Waals surface area (Å²) in [6.07, 6.45) is -0.896. The Morgan fingerprint density at radius 1 is 1.22 bits per heavy atom. The first-order valence-corrected chi connectivity index (χ1v) is 11.8. The normalized spacial score (nSPS) is 16.6. The molecule has 0 aromatic carbocycles. The number of halogens is 3. The van der Waals surface area contributed by atoms with Crippen LogP contribution >= 0.6 is 0 Å². The largest absolute Gasteiger partial charge is 0.411 e. The second-order valence-electron chi connectivity index (χ2n) is 8.37. The first-order chi connectivity index (χ1) is 17.3. The highest BCUT2D eigenvalue weighted by atomic mass is 19.4. The third-order valence-corrected chi connectivity index (χ3v) is 5.53. The highest BCUT2D eigenvalue weighted by Crippen LogP contribution is 2.29. The summed E-state index contributed by atoms with van der Waals surface area (Å²) < 4.78 is 49.6. The summed E-state index contributed by atoms with van der Waals surface area (Å²) in [7, 11) is 0. The van der Waals surface area contributed by atoms with Crippen molar-refractivity contribution in [3.8, 4) is 0 Å². The standard InChI is InChI=1S/C22H30F3N9O2/c1-3-35-10-5-16-18-19(34(32-16)9-11-36-13-22(23,24)25)20(29-17-4-6-26-14-28-17)31-21(30-18)33-8-7-27-15(2)12-33/h4,6,14-15,27H,3,5,7-13H2,1-2H3,(H,26,28,29,30,31). The molecule has 1 saturated heterocycles. The van der Waals surface area contributed by atoms with Crippen LogP contribution in [0, 0.1) is 0 Å². The van der Waals surface area contributed by atoms with Crippen LogP contribution in [0.3, 0.4) is 0 Å². The predicted octanol–water partition coefficient (Wildman–Crippen LogP) is 2.32. The van der Waals surface area contributed by atoms with Crippen molar-refractivity contribution in [1.82, 2.24) is 35.0 Å². The lowest BCUT2D eigenvalue weighted by atomic mass is 10.2. The molecule has 3 aromatic heterocycles. The van der Waals surface area contributed by atoms with Crippen LogP contribution in [0.5, 0.6) is 0 Å². The van der Waals surface area contributed by atoms with E-state index in [1.165, 1.54) is 6.33 Å². The van der Waals surface area contributed by atoms with E-state index in [0.717, 1.165) is 19.6 Å². The maximum Gasteiger partial charge on any atom is 0.411 e. The summed E-state index contributed by atoms with van der Waals surface area (Å²) in [5.74, 6) is 1.50. The van der Waals surface area contributed by atoms with Gasteiger partial charge in [0.15, 0.2) is 5.82 Å². The van der Waals surface area contributed by atoms with Crippen LogP contribution in [0.4, 0.5) is 30.8 Å². The van der Waals surface area contributed by atoms with E-state index in [1.807, 2.05) is 6.92 Å². The fraction of sp³-hybridized carbons (Fsp3) is 0.591. The minimum Gasteiger partial charge on any atom is -0.381 e. The van der Waals surface area contributed by atoms with Gasteiger partial charge in [-0.05, 0) is 19.9 Å². The zero-order chi connectivity index (χ0) is 25.5. The molecule has 1 atom stereocenters. The lowest BCUT2D eigenvalue weighted by Gasteiger charge is -2.32. The van der Waals surface area contributed by atoms with Gasteiger partial charge in [0.2, 0.25) is 5.95 Å². The topological polar surface area (TPSA) is 115 Å². The van der Waals surface area contributed by atoms with E-state index in [9.17, 15) is 13.2 Å². The number of ether oxygens (including phenoxy) is 2. The molecule has 0 radical (unpaired) electrons. The molecule has 0 spiro atoms. The van der Waals surface area contributed by atoms with Gasteiger partial charge in [0.05, 0.1) is 25.5 Å². The fourth-order valence-electron chi connectivity index (χ4n) is 3.94. The van der Waals surface area contributed by atoms with Crippen LogP contribution < -0.4 is 15.5 Å². The van der Waals surface area contributed by atoms with Gasteiger partial charge < -0.3 is 25.0 Å². The number of nitrogens with zero attached hydrogens (tertiary/aromatic N) is 7. The molecular formula is C22H30F3N9O2. The Bertz CT molecular complexity index is 1130. The quantitative estimate of drug-likeness (QED) is 0.373. The lowest BCUT2D eigenvalue weighted by molar-refractivity contribution is -0.174. The molecule has 2 N–H and O–H groups in total. The first kappa shape index (κ1) is 26.0. The molecule has 0 amide bonds. The van der Waals surface area contributed by atoms with Crippen LogP contribution in [-0.4, -0.2) is 88.0 Å². The summed E-state index contributed by atoms with van der Waals surface area (Å²) in [5.41, 5.74) is 1.84. The summed E-state index contributed by atoms with van der Waals surface area (Å²) >= 11 is 0. The number of rotatable bonds is 11. The minimum absolute atomic E-state index is 0.0903. The van der Waals surface area contributed by atoms with Gasteiger partial charge >= 0.3 is 6.18 Å². The van der Waals surface area contributed by atoms with E-state index >= 15 is 0 Å². The van der Waals surface area contributed by atoms with Crippen LogP contribution in [0.15, 0.2) is 18.6 Å². The average molecular weight is 510 g/mol. The number of anilines is 3. The van der Waals surface area contributed by atoms with Crippen LogP contribution in [0.2, 0.25) is 0 Å². The average Bonchev–Trinajstić information content (AvgIpc) is 3.20. The Labute approximate surface area is 206 Å². The van der Waals surface area contributed by atoms with Crippen molar-refractivity contribution in [2.24, 2.45) is 0 Å². The molecule has 196 valence electrons. The van der Waals surface area contributed by atoms with Crippen molar-refractivity contribution in [3.63, 3.8) is 0 Å². The van der Waals surface area contributed by atoms with Gasteiger partial charge in [0.1, 0.15) is 29.8 Å². The number of fused-ring (bicyclic) bond motifs is 1. The van der Waals surface area contributed by atoms with Gasteiger partial charge in [-0.2, -0.15) is 23.3 Å². The molecule has 1 aliphatic heterocycles. The van der Waals surface area contributed by atoms with Gasteiger partial charge in [0, 0.05) is 44.9 Å². The van der Waals surface area contributed by atoms with Crippen molar-refractivity contribution in [2.45, 2.75) is 39.0 Å². The number of aromatic nitrogens is 6. The number of hydrogen-bond acceptors (Lipinski definition) is 10. The van der Waals surface area contributed by atoms with E-state index in [0.29, 0.717) is 53.9 Å². The zero-order valence-corrected chi connectivity index (χ0v) is 20.3. The molecule has 1 unspecified atom stereocenters. The Balaban J connectivity index is 1.74. The monoisotopic (exact) mass is 509 g/mol. The van der Waals surface area contributed by atoms with E-state index < -0.39 is 12.8 Å². The Morgan fingerprint density at radius 3 is 2.81 bits per heavy atom. The fourth-order valence-corrected chi connectivity index (χ4v) is 3.94. The van der Waals surface area contributed by atoms with Crippen molar-refractivity contribution in [1.29, 1.82) is 0 Å². The van der Waals surface area contributed by atoms with Crippen LogP contribution in [-0.2, 0) is 22.4 Å². The number of nitrogens with one attached hydrogen (secondary N) is 2. The number of hydrogen-bond donors (Lipinski definition) is 2. The molecule has 14 heteroatoms. The second-order valence-corrected chi connectivity index (χ2v) is 8.37. The molecule has 11 nitrogen and oxygen atoms in total. The smallest absolute Gasteiger partial charge is 0.381 e. The maximum atomic E-state index is 12.6. The molecule has 4 heterocycles. The van der Waals surface area contributed by atoms with Crippen molar-refractivity contribution >= 4 is 28.6 Å². The summed E-state index contributed by atoms with van der Waals surface area (Å²) in [4.78, 5) is 19.9. The SMILES string of the molecule is CCOCCc1nn(CCOCC(F)(F)F)c2c(Nc3ccncn3)nc(N3CCNC(C)C3)nc12. The van der Waals surface area contributed by atoms with Gasteiger partial charge in [0.25, 0.3) is 0 Å². The van der Waals surface area contributed by atoms with Crippen molar-refractivity contribution in [3.05, 3.63) is 24.3 Å². The number of alkyl halides is 3. The van der Waals surface area contributed by atoms with E-state index in [4.69, 9.17) is 19.4 Å². The van der Waals surface area contributed by atoms with Gasteiger partial charge in [-0.15, -0.1) is 0 Å². The van der Waals surface area contributed by atoms with Gasteiger partial charge in [-0.1, -0.05) is 0 Å². The molecule has 1 fully saturated rings. The highest BCUT2D eigenvalue weighted by Gasteiger charge is 2.28. The van der Waals surface area contributed by atoms with Crippen molar-refractivity contribution < 1.29 is 22.6 Å². The summed E-state index contributed by atoms with van der Waals surface area (Å²) in [6.45, 7) is 5.85. The predicted molar refractivity (Wildman–Crippen MR) is 127 cm³/mol. The lowest BCUT2D eigenvalue weighted by Crippen LogP contribution is -2.49. The third-order valence-electron chi connectivity index (χ3n) is 5.53. The zero-order valence-electron chi connectivity index (χ0n) is 20.3. The Hall–Kier alpha value is -3.10. The van der Waals surface area contributed by atoms with E-state index in [2.05, 4.69) is 37.5 Å². The summed E-state index contributed by atoms with van der Waals surface area (Å²) in [6, 6.07) is 1.96. The first-order valence-electron chi connectivity index (χ1n) is 11.8. The Morgan fingerprint density at radius 2 is 2.08 bits per heavy atom. The molecule has 3 aromatic rings. The molecule has 0 saturated carbocycles. The minimum atomic E-state index is -4.40. The van der Waals surface area contributed by atoms with Crippen LogP contribution in [0.1, 0.15) is 19.5 Å². The Kier molecular flexibility index (Phi) is 8.48. The van der Waals surface area contributed by atoms with E-state index in [1.54, 1.807) is 16.9 Å². The second kappa shape index (κ2) is 11.8. The molecule has 1 aliphatic rings. The van der Waals surface area contributed by atoms with Gasteiger partial charge in [-0.25, -0.2) is 15.0 Å². The molecule has 0 aliphatic carbocycles. The van der Waals surface area contributed by atoms with Crippen molar-refractivity contribution in [2.75, 3.05) is 56.3 Å². The molecule has 4 rings (SSSR count). The molecule has 0 bridgehead atoms. The van der Waals surface area contributed by atoms with E-state index in [-0.39, 0.29) is 19.2 Å². The van der Waals surface area contributed by atoms with Gasteiger partial charge in [-0.3, -0.25) is 4.68 Å². The molecular weight excluding hydrogens is 479 g/mol. The van der Waals surface area contributed by atoms with Crippen LogP contribution in [0.25, 0.3) is 11.0 Å².